The molecule has 0 radical (unpaired) electrons. The maximum Gasteiger partial charge on any atom is 0.292 e. The van der Waals surface area contributed by atoms with Crippen LogP contribution >= 0.6 is 34.8 Å². The van der Waals surface area contributed by atoms with Crippen molar-refractivity contribution in [3.8, 4) is 0 Å². The molecule has 1 aromatic carbocycles. The molecule has 0 bridgehead atoms. The molecule has 4 aromatic rings. The van der Waals surface area contributed by atoms with E-state index in [1.807, 2.05) is 0 Å². The standard InChI is InChI=1S/C21H14Cl3F4N5O2/c22-11-2-1-10(13(23)5-11)7-32-9-14(24)20(31-32)29-21(34)17-4-3-12(35-17)8-33-16(19(27)28)6-15(30-33)18(25)26/h1-6,9,18-19H,7-8H2,(H,29,31,34). The van der Waals surface area contributed by atoms with E-state index in [4.69, 9.17) is 39.2 Å². The van der Waals surface area contributed by atoms with Gasteiger partial charge in [0.2, 0.25) is 0 Å². The molecule has 0 aliphatic heterocycles. The van der Waals surface area contributed by atoms with E-state index in [1.165, 1.54) is 23.0 Å². The number of hydrogen-bond donors (Lipinski definition) is 1. The van der Waals surface area contributed by atoms with Gasteiger partial charge in [0, 0.05) is 16.2 Å². The van der Waals surface area contributed by atoms with E-state index in [-0.39, 0.29) is 35.5 Å². The average molecular weight is 551 g/mol. The first-order chi connectivity index (χ1) is 16.6. The predicted octanol–water partition coefficient (Wildman–Crippen LogP) is 6.86. The molecule has 1 amide bonds. The molecular weight excluding hydrogens is 537 g/mol. The zero-order valence-electron chi connectivity index (χ0n) is 17.4. The van der Waals surface area contributed by atoms with Gasteiger partial charge in [-0.05, 0) is 35.9 Å². The third kappa shape index (κ3) is 5.80. The van der Waals surface area contributed by atoms with E-state index < -0.39 is 30.1 Å². The number of carbonyl (C=O) groups excluding carboxylic acids is 1. The van der Waals surface area contributed by atoms with Gasteiger partial charge in [0.1, 0.15) is 22.2 Å². The molecule has 0 saturated carbocycles. The number of rotatable bonds is 8. The molecule has 184 valence electrons. The van der Waals surface area contributed by atoms with Crippen LogP contribution in [0.4, 0.5) is 23.4 Å². The lowest BCUT2D eigenvalue weighted by atomic mass is 10.2. The lowest BCUT2D eigenvalue weighted by Gasteiger charge is -2.05. The molecular formula is C21H14Cl3F4N5O2. The number of furan rings is 1. The van der Waals surface area contributed by atoms with Gasteiger partial charge in [0.25, 0.3) is 18.8 Å². The highest BCUT2D eigenvalue weighted by molar-refractivity contribution is 6.35. The average Bonchev–Trinajstić information content (AvgIpc) is 3.50. The van der Waals surface area contributed by atoms with Gasteiger partial charge < -0.3 is 9.73 Å². The van der Waals surface area contributed by atoms with E-state index in [2.05, 4.69) is 15.5 Å². The summed E-state index contributed by atoms with van der Waals surface area (Å²) in [6.07, 6.45) is -4.54. The summed E-state index contributed by atoms with van der Waals surface area (Å²) in [6.45, 7) is -0.121. The Labute approximate surface area is 210 Å². The molecule has 0 aliphatic rings. The molecule has 0 fully saturated rings. The lowest BCUT2D eigenvalue weighted by Crippen LogP contribution is -2.12. The van der Waals surface area contributed by atoms with E-state index in [9.17, 15) is 22.4 Å². The first kappa shape index (κ1) is 25.1. The van der Waals surface area contributed by atoms with Crippen LogP contribution in [0.15, 0.2) is 47.0 Å². The van der Waals surface area contributed by atoms with Crippen LogP contribution in [0.1, 0.15) is 46.1 Å². The fraction of sp³-hybridized carbons (Fsp3) is 0.190. The molecule has 4 rings (SSSR count). The molecule has 0 spiro atoms. The third-order valence-corrected chi connectivity index (χ3v) is 5.63. The van der Waals surface area contributed by atoms with Crippen molar-refractivity contribution in [3.05, 3.63) is 86.1 Å². The Balaban J connectivity index is 1.45. The number of alkyl halides is 4. The van der Waals surface area contributed by atoms with Crippen LogP contribution < -0.4 is 5.32 Å². The number of nitrogens with zero attached hydrogens (tertiary/aromatic N) is 4. The van der Waals surface area contributed by atoms with Crippen LogP contribution in [0, 0.1) is 0 Å². The Hall–Kier alpha value is -3.02. The first-order valence-corrected chi connectivity index (χ1v) is 10.9. The minimum absolute atomic E-state index is 0.0494. The summed E-state index contributed by atoms with van der Waals surface area (Å²) >= 11 is 18.2. The molecule has 0 aliphatic carbocycles. The molecule has 0 saturated heterocycles. The minimum Gasteiger partial charge on any atom is -0.454 e. The van der Waals surface area contributed by atoms with Crippen molar-refractivity contribution in [2.45, 2.75) is 25.9 Å². The van der Waals surface area contributed by atoms with Crippen LogP contribution in [0.25, 0.3) is 0 Å². The van der Waals surface area contributed by atoms with E-state index >= 15 is 0 Å². The molecule has 0 atom stereocenters. The van der Waals surface area contributed by atoms with Crippen molar-refractivity contribution in [2.24, 2.45) is 0 Å². The van der Waals surface area contributed by atoms with Crippen molar-refractivity contribution in [3.63, 3.8) is 0 Å². The fourth-order valence-electron chi connectivity index (χ4n) is 3.15. The second-order valence-electron chi connectivity index (χ2n) is 7.23. The van der Waals surface area contributed by atoms with E-state index in [0.29, 0.717) is 20.8 Å². The van der Waals surface area contributed by atoms with Crippen molar-refractivity contribution in [1.29, 1.82) is 0 Å². The number of hydrogen-bond acceptors (Lipinski definition) is 4. The molecule has 14 heteroatoms. The highest BCUT2D eigenvalue weighted by Crippen LogP contribution is 2.27. The maximum absolute atomic E-state index is 13.2. The smallest absolute Gasteiger partial charge is 0.292 e. The van der Waals surface area contributed by atoms with Gasteiger partial charge in [-0.25, -0.2) is 17.6 Å². The largest absolute Gasteiger partial charge is 0.454 e. The summed E-state index contributed by atoms with van der Waals surface area (Å²) < 4.78 is 59.6. The lowest BCUT2D eigenvalue weighted by molar-refractivity contribution is 0.0993. The first-order valence-electron chi connectivity index (χ1n) is 9.81. The molecule has 7 nitrogen and oxygen atoms in total. The number of benzene rings is 1. The van der Waals surface area contributed by atoms with Gasteiger partial charge in [0.15, 0.2) is 11.6 Å². The van der Waals surface area contributed by atoms with E-state index in [1.54, 1.807) is 18.2 Å². The Morgan fingerprint density at radius 3 is 2.43 bits per heavy atom. The zero-order valence-corrected chi connectivity index (χ0v) is 19.6. The summed E-state index contributed by atoms with van der Waals surface area (Å²) in [4.78, 5) is 12.6. The SMILES string of the molecule is O=C(Nc1nn(Cc2ccc(Cl)cc2Cl)cc1Cl)c1ccc(Cn2nc(C(F)F)cc2C(F)F)o1. The van der Waals surface area contributed by atoms with Crippen molar-refractivity contribution >= 4 is 46.5 Å². The van der Waals surface area contributed by atoms with Gasteiger partial charge in [-0.1, -0.05) is 40.9 Å². The quantitative estimate of drug-likeness (QED) is 0.243. The Morgan fingerprint density at radius 2 is 1.74 bits per heavy atom. The minimum atomic E-state index is -3.02. The summed E-state index contributed by atoms with van der Waals surface area (Å²) in [5, 5.41) is 11.3. The highest BCUT2D eigenvalue weighted by atomic mass is 35.5. The van der Waals surface area contributed by atoms with Gasteiger partial charge >= 0.3 is 0 Å². The Morgan fingerprint density at radius 1 is 0.971 bits per heavy atom. The summed E-state index contributed by atoms with van der Waals surface area (Å²) in [7, 11) is 0. The number of nitrogens with one attached hydrogen (secondary N) is 1. The van der Waals surface area contributed by atoms with Crippen LogP contribution in [-0.4, -0.2) is 25.5 Å². The maximum atomic E-state index is 13.2. The van der Waals surface area contributed by atoms with Crippen molar-refractivity contribution in [1.82, 2.24) is 19.6 Å². The second kappa shape index (κ2) is 10.3. The number of anilines is 1. The van der Waals surface area contributed by atoms with Crippen LogP contribution in [0.3, 0.4) is 0 Å². The van der Waals surface area contributed by atoms with Gasteiger partial charge in [-0.2, -0.15) is 10.2 Å². The number of amides is 1. The van der Waals surface area contributed by atoms with Crippen LogP contribution in [-0.2, 0) is 13.1 Å². The van der Waals surface area contributed by atoms with Crippen LogP contribution in [0.2, 0.25) is 15.1 Å². The third-order valence-electron chi connectivity index (χ3n) is 4.76. The van der Waals surface area contributed by atoms with Gasteiger partial charge in [-0.15, -0.1) is 0 Å². The number of carbonyl (C=O) groups is 1. The predicted molar refractivity (Wildman–Crippen MR) is 121 cm³/mol. The zero-order chi connectivity index (χ0) is 25.3. The van der Waals surface area contributed by atoms with Crippen LogP contribution in [0.5, 0.6) is 0 Å². The monoisotopic (exact) mass is 549 g/mol. The Bertz CT molecular complexity index is 1370. The molecule has 3 aromatic heterocycles. The highest BCUT2D eigenvalue weighted by Gasteiger charge is 2.22. The normalized spacial score (nSPS) is 11.6. The fourth-order valence-corrected chi connectivity index (χ4v) is 3.82. The van der Waals surface area contributed by atoms with Crippen molar-refractivity contribution < 1.29 is 26.8 Å². The van der Waals surface area contributed by atoms with Crippen molar-refractivity contribution in [2.75, 3.05) is 5.32 Å². The molecule has 35 heavy (non-hydrogen) atoms. The second-order valence-corrected chi connectivity index (χ2v) is 8.48. The van der Waals surface area contributed by atoms with Gasteiger partial charge in [-0.3, -0.25) is 14.2 Å². The molecule has 1 N–H and O–H groups in total. The summed E-state index contributed by atoms with van der Waals surface area (Å²) in [6, 6.07) is 8.25. The number of aromatic nitrogens is 4. The summed E-state index contributed by atoms with van der Waals surface area (Å²) in [5.74, 6) is -0.787. The van der Waals surface area contributed by atoms with Gasteiger partial charge in [0.05, 0.1) is 13.1 Å². The molecule has 3 heterocycles. The summed E-state index contributed by atoms with van der Waals surface area (Å²) in [5.41, 5.74) is -0.753. The molecule has 0 unspecified atom stereocenters. The topological polar surface area (TPSA) is 77.9 Å². The van der Waals surface area contributed by atoms with E-state index in [0.717, 1.165) is 5.56 Å². The Kier molecular flexibility index (Phi) is 7.39. The number of halogens is 7.